The lowest BCUT2D eigenvalue weighted by Gasteiger charge is -2.26. The van der Waals surface area contributed by atoms with Crippen molar-refractivity contribution >= 4 is 5.91 Å². The minimum atomic E-state index is 0.207. The lowest BCUT2D eigenvalue weighted by Crippen LogP contribution is -2.42. The van der Waals surface area contributed by atoms with E-state index in [0.717, 1.165) is 44.6 Å². The van der Waals surface area contributed by atoms with Crippen molar-refractivity contribution in [2.45, 2.75) is 71.1 Å². The van der Waals surface area contributed by atoms with Crippen LogP contribution in [-0.4, -0.2) is 53.5 Å². The summed E-state index contributed by atoms with van der Waals surface area (Å²) < 4.78 is 0. The lowest BCUT2D eigenvalue weighted by atomic mass is 10.1. The van der Waals surface area contributed by atoms with Gasteiger partial charge in [0.1, 0.15) is 0 Å². The van der Waals surface area contributed by atoms with E-state index >= 15 is 0 Å². The van der Waals surface area contributed by atoms with Gasteiger partial charge in [-0.1, -0.05) is 19.1 Å². The maximum atomic E-state index is 13.0. The summed E-state index contributed by atoms with van der Waals surface area (Å²) in [5.41, 5.74) is 2.11. The molecule has 0 radical (unpaired) electrons. The first kappa shape index (κ1) is 18.4. The molecule has 1 atom stereocenters. The number of carbonyl (C=O) groups is 1. The van der Waals surface area contributed by atoms with Gasteiger partial charge in [0.05, 0.1) is 0 Å². The van der Waals surface area contributed by atoms with Crippen LogP contribution in [0.1, 0.15) is 62.4 Å². The number of hydrogen-bond acceptors (Lipinski definition) is 3. The highest BCUT2D eigenvalue weighted by molar-refractivity contribution is 5.94. The molecule has 0 aromatic heterocycles. The summed E-state index contributed by atoms with van der Waals surface area (Å²) in [5, 5.41) is 3.52. The Kier molecular flexibility index (Phi) is 6.13. The molecule has 138 valence electrons. The highest BCUT2D eigenvalue weighted by Gasteiger charge is 2.34. The van der Waals surface area contributed by atoms with E-state index in [-0.39, 0.29) is 5.91 Å². The summed E-state index contributed by atoms with van der Waals surface area (Å²) in [4.78, 5) is 17.5. The van der Waals surface area contributed by atoms with Crippen LogP contribution in [0.15, 0.2) is 24.3 Å². The molecule has 1 aliphatic heterocycles. The number of nitrogens with one attached hydrogen (secondary N) is 1. The Morgan fingerprint density at radius 1 is 1.20 bits per heavy atom. The molecule has 1 aliphatic carbocycles. The molecule has 1 N–H and O–H groups in total. The predicted molar refractivity (Wildman–Crippen MR) is 103 cm³/mol. The predicted octanol–water partition coefficient (Wildman–Crippen LogP) is 3.27. The smallest absolute Gasteiger partial charge is 0.254 e. The second-order valence-electron chi connectivity index (χ2n) is 7.84. The molecule has 0 unspecified atom stereocenters. The molecule has 1 saturated heterocycles. The molecule has 3 rings (SSSR count). The normalized spacial score (nSPS) is 20.4. The van der Waals surface area contributed by atoms with Crippen molar-refractivity contribution in [3.8, 4) is 0 Å². The minimum absolute atomic E-state index is 0.207. The van der Waals surface area contributed by atoms with Gasteiger partial charge in [-0.15, -0.1) is 0 Å². The van der Waals surface area contributed by atoms with Crippen molar-refractivity contribution in [2.75, 3.05) is 19.6 Å². The van der Waals surface area contributed by atoms with Crippen LogP contribution < -0.4 is 5.32 Å². The van der Waals surface area contributed by atoms with Gasteiger partial charge in [-0.3, -0.25) is 9.69 Å². The Morgan fingerprint density at radius 2 is 1.92 bits per heavy atom. The van der Waals surface area contributed by atoms with E-state index in [4.69, 9.17) is 0 Å². The summed E-state index contributed by atoms with van der Waals surface area (Å²) in [6.45, 7) is 10.6. The largest absolute Gasteiger partial charge is 0.334 e. The first-order valence-corrected chi connectivity index (χ1v) is 9.95. The zero-order valence-corrected chi connectivity index (χ0v) is 16.0. The molecule has 25 heavy (non-hydrogen) atoms. The van der Waals surface area contributed by atoms with E-state index < -0.39 is 0 Å². The summed E-state index contributed by atoms with van der Waals surface area (Å²) in [7, 11) is 0. The Balaban J connectivity index is 1.64. The molecule has 2 aliphatic rings. The number of benzene rings is 1. The van der Waals surface area contributed by atoms with Crippen LogP contribution in [0.3, 0.4) is 0 Å². The van der Waals surface area contributed by atoms with Crippen LogP contribution in [0.5, 0.6) is 0 Å². The van der Waals surface area contributed by atoms with E-state index in [1.807, 2.05) is 12.1 Å². The molecule has 1 aromatic carbocycles. The maximum absolute atomic E-state index is 13.0. The molecule has 1 heterocycles. The van der Waals surface area contributed by atoms with Crippen molar-refractivity contribution in [1.82, 2.24) is 15.1 Å². The molecule has 1 amide bonds. The van der Waals surface area contributed by atoms with E-state index in [2.05, 4.69) is 48.0 Å². The fourth-order valence-electron chi connectivity index (χ4n) is 3.75. The molecule has 2 fully saturated rings. The third kappa shape index (κ3) is 4.83. The number of rotatable bonds is 8. The summed E-state index contributed by atoms with van der Waals surface area (Å²) in [6.07, 6.45) is 4.75. The van der Waals surface area contributed by atoms with E-state index in [9.17, 15) is 4.79 Å². The Labute approximate surface area is 152 Å². The van der Waals surface area contributed by atoms with Gasteiger partial charge in [0.2, 0.25) is 0 Å². The second kappa shape index (κ2) is 8.33. The van der Waals surface area contributed by atoms with E-state index in [1.54, 1.807) is 0 Å². The average molecular weight is 344 g/mol. The van der Waals surface area contributed by atoms with Gasteiger partial charge >= 0.3 is 0 Å². The van der Waals surface area contributed by atoms with Crippen LogP contribution in [0.2, 0.25) is 0 Å². The number of amides is 1. The first-order chi connectivity index (χ1) is 12.1. The quantitative estimate of drug-likeness (QED) is 0.787. The summed E-state index contributed by atoms with van der Waals surface area (Å²) >= 11 is 0. The first-order valence-electron chi connectivity index (χ1n) is 9.95. The zero-order chi connectivity index (χ0) is 17.8. The van der Waals surface area contributed by atoms with Crippen LogP contribution in [0.25, 0.3) is 0 Å². The Morgan fingerprint density at radius 3 is 2.44 bits per heavy atom. The third-order valence-electron chi connectivity index (χ3n) is 5.55. The molecule has 4 nitrogen and oxygen atoms in total. The van der Waals surface area contributed by atoms with Crippen molar-refractivity contribution in [2.24, 2.45) is 0 Å². The van der Waals surface area contributed by atoms with Crippen LogP contribution >= 0.6 is 0 Å². The van der Waals surface area contributed by atoms with Gasteiger partial charge in [0, 0.05) is 36.8 Å². The van der Waals surface area contributed by atoms with Crippen molar-refractivity contribution < 1.29 is 4.79 Å². The Bertz CT molecular complexity index is 559. The highest BCUT2D eigenvalue weighted by atomic mass is 16.2. The summed E-state index contributed by atoms with van der Waals surface area (Å²) in [5.74, 6) is 0.207. The number of nitrogens with zero attached hydrogens (tertiary/aromatic N) is 2. The maximum Gasteiger partial charge on any atom is 0.254 e. The summed E-state index contributed by atoms with van der Waals surface area (Å²) in [6, 6.07) is 9.76. The topological polar surface area (TPSA) is 35.6 Å². The van der Waals surface area contributed by atoms with Gasteiger partial charge in [-0.2, -0.15) is 0 Å². The molecule has 4 heteroatoms. The van der Waals surface area contributed by atoms with E-state index in [1.165, 1.54) is 18.4 Å². The van der Waals surface area contributed by atoms with Gasteiger partial charge in [0.25, 0.3) is 5.91 Å². The average Bonchev–Trinajstić information content (AvgIpc) is 3.33. The second-order valence-corrected chi connectivity index (χ2v) is 7.84. The fraction of sp³-hybridized carbons (Fsp3) is 0.667. The lowest BCUT2D eigenvalue weighted by molar-refractivity contribution is 0.0728. The minimum Gasteiger partial charge on any atom is -0.334 e. The monoisotopic (exact) mass is 343 g/mol. The van der Waals surface area contributed by atoms with Gasteiger partial charge in [0.15, 0.2) is 0 Å². The van der Waals surface area contributed by atoms with Crippen LogP contribution in [0.4, 0.5) is 0 Å². The standard InChI is InChI=1S/C21H33N3O/c1-4-23(16(2)3)14-17-7-9-18(10-8-17)21(25)24(20-11-12-20)15-19-6-5-13-22-19/h7-10,16,19-20,22H,4-6,11-15H2,1-3H3/t19-/m0/s1. The molecular weight excluding hydrogens is 310 g/mol. The van der Waals surface area contributed by atoms with Crippen molar-refractivity contribution in [1.29, 1.82) is 0 Å². The van der Waals surface area contributed by atoms with Gasteiger partial charge in [-0.05, 0) is 70.3 Å². The third-order valence-corrected chi connectivity index (χ3v) is 5.55. The van der Waals surface area contributed by atoms with Crippen LogP contribution in [-0.2, 0) is 6.54 Å². The molecule has 0 bridgehead atoms. The number of carbonyl (C=O) groups excluding carboxylic acids is 1. The van der Waals surface area contributed by atoms with Gasteiger partial charge in [-0.25, -0.2) is 0 Å². The van der Waals surface area contributed by atoms with Crippen molar-refractivity contribution in [3.63, 3.8) is 0 Å². The number of hydrogen-bond donors (Lipinski definition) is 1. The SMILES string of the molecule is CCN(Cc1ccc(C(=O)N(C[C@@H]2CCCN2)C2CC2)cc1)C(C)C. The highest BCUT2D eigenvalue weighted by Crippen LogP contribution is 2.29. The Hall–Kier alpha value is -1.39. The van der Waals surface area contributed by atoms with Crippen molar-refractivity contribution in [3.05, 3.63) is 35.4 Å². The fourth-order valence-corrected chi connectivity index (χ4v) is 3.75. The zero-order valence-electron chi connectivity index (χ0n) is 16.0. The molecule has 1 aromatic rings. The van der Waals surface area contributed by atoms with Gasteiger partial charge < -0.3 is 10.2 Å². The molecule has 0 spiro atoms. The van der Waals surface area contributed by atoms with Crippen LogP contribution in [0, 0.1) is 0 Å². The molecule has 1 saturated carbocycles. The van der Waals surface area contributed by atoms with E-state index in [0.29, 0.717) is 18.1 Å². The molecular formula is C21H33N3O.